The van der Waals surface area contributed by atoms with Crippen LogP contribution < -0.4 is 11.5 Å². The van der Waals surface area contributed by atoms with Crippen LogP contribution in [0.2, 0.25) is 0 Å². The molecule has 17 heavy (non-hydrogen) atoms. The van der Waals surface area contributed by atoms with E-state index in [2.05, 4.69) is 28.8 Å². The Labute approximate surface area is 99.9 Å². The van der Waals surface area contributed by atoms with Crippen LogP contribution in [-0.4, -0.2) is 15.0 Å². The summed E-state index contributed by atoms with van der Waals surface area (Å²) in [6.45, 7) is 4.20. The van der Waals surface area contributed by atoms with Gasteiger partial charge in [-0.25, -0.2) is 4.98 Å². The molecule has 88 valence electrons. The third kappa shape index (κ3) is 2.50. The van der Waals surface area contributed by atoms with Crippen molar-refractivity contribution in [2.75, 3.05) is 11.5 Å². The fraction of sp³-hybridized carbons (Fsp3) is 0.250. The number of hydrogen-bond donors (Lipinski definition) is 2. The summed E-state index contributed by atoms with van der Waals surface area (Å²) >= 11 is 0. The fourth-order valence-corrected chi connectivity index (χ4v) is 1.53. The molecule has 0 radical (unpaired) electrons. The second-order valence-electron chi connectivity index (χ2n) is 4.16. The van der Waals surface area contributed by atoms with Gasteiger partial charge in [0, 0.05) is 23.5 Å². The van der Waals surface area contributed by atoms with Gasteiger partial charge < -0.3 is 11.5 Å². The van der Waals surface area contributed by atoms with Crippen molar-refractivity contribution in [3.05, 3.63) is 30.1 Å². The molecule has 0 spiro atoms. The molecule has 5 nitrogen and oxygen atoms in total. The van der Waals surface area contributed by atoms with Crippen molar-refractivity contribution in [1.82, 2.24) is 15.0 Å². The molecule has 0 aliphatic rings. The molecular formula is C12H15N5. The SMILES string of the molecule is CC(C)c1ccc(-c2cc(N)nc(N)n2)cn1. The third-order valence-electron chi connectivity index (χ3n) is 2.44. The highest BCUT2D eigenvalue weighted by atomic mass is 15.0. The summed E-state index contributed by atoms with van der Waals surface area (Å²) in [5, 5.41) is 0. The summed E-state index contributed by atoms with van der Waals surface area (Å²) in [6.07, 6.45) is 1.77. The fourth-order valence-electron chi connectivity index (χ4n) is 1.53. The van der Waals surface area contributed by atoms with Gasteiger partial charge in [-0.1, -0.05) is 13.8 Å². The lowest BCUT2D eigenvalue weighted by molar-refractivity contribution is 0.823. The zero-order valence-electron chi connectivity index (χ0n) is 9.88. The molecule has 2 heterocycles. The van der Waals surface area contributed by atoms with Crippen molar-refractivity contribution in [2.45, 2.75) is 19.8 Å². The maximum Gasteiger partial charge on any atom is 0.222 e. The predicted octanol–water partition coefficient (Wildman–Crippen LogP) is 1.83. The number of nitrogen functional groups attached to an aromatic ring is 2. The Kier molecular flexibility index (Phi) is 2.91. The second kappa shape index (κ2) is 4.37. The summed E-state index contributed by atoms with van der Waals surface area (Å²) < 4.78 is 0. The van der Waals surface area contributed by atoms with Gasteiger partial charge in [0.05, 0.1) is 5.69 Å². The highest BCUT2D eigenvalue weighted by molar-refractivity contribution is 5.62. The zero-order valence-corrected chi connectivity index (χ0v) is 9.88. The van der Waals surface area contributed by atoms with Gasteiger partial charge in [-0.15, -0.1) is 0 Å². The van der Waals surface area contributed by atoms with E-state index < -0.39 is 0 Å². The van der Waals surface area contributed by atoms with E-state index in [0.29, 0.717) is 17.4 Å². The summed E-state index contributed by atoms with van der Waals surface area (Å²) in [5.41, 5.74) is 13.8. The van der Waals surface area contributed by atoms with E-state index >= 15 is 0 Å². The van der Waals surface area contributed by atoms with E-state index in [4.69, 9.17) is 11.5 Å². The number of rotatable bonds is 2. The topological polar surface area (TPSA) is 90.7 Å². The maximum atomic E-state index is 5.62. The highest BCUT2D eigenvalue weighted by Gasteiger charge is 2.05. The van der Waals surface area contributed by atoms with E-state index in [-0.39, 0.29) is 5.95 Å². The molecule has 0 aliphatic heterocycles. The average Bonchev–Trinajstić information content (AvgIpc) is 2.28. The lowest BCUT2D eigenvalue weighted by atomic mass is 10.1. The first-order valence-corrected chi connectivity index (χ1v) is 5.42. The monoisotopic (exact) mass is 229 g/mol. The summed E-state index contributed by atoms with van der Waals surface area (Å²) in [4.78, 5) is 12.3. The van der Waals surface area contributed by atoms with Crippen molar-refractivity contribution in [3.8, 4) is 11.3 Å². The number of nitrogens with zero attached hydrogens (tertiary/aromatic N) is 3. The Hall–Kier alpha value is -2.17. The van der Waals surface area contributed by atoms with E-state index in [1.807, 2.05) is 12.1 Å². The van der Waals surface area contributed by atoms with Gasteiger partial charge in [-0.05, 0) is 18.1 Å². The number of aromatic nitrogens is 3. The predicted molar refractivity (Wildman–Crippen MR) is 68.2 cm³/mol. The first-order chi connectivity index (χ1) is 8.06. The minimum atomic E-state index is 0.174. The molecule has 0 atom stereocenters. The molecule has 2 aromatic heterocycles. The molecule has 5 heteroatoms. The molecule has 0 saturated heterocycles. The zero-order chi connectivity index (χ0) is 12.4. The number of anilines is 2. The van der Waals surface area contributed by atoms with Crippen LogP contribution in [-0.2, 0) is 0 Å². The Morgan fingerprint density at radius 3 is 2.41 bits per heavy atom. The molecule has 0 unspecified atom stereocenters. The number of nitrogens with two attached hydrogens (primary N) is 2. The molecular weight excluding hydrogens is 214 g/mol. The summed E-state index contributed by atoms with van der Waals surface area (Å²) in [7, 11) is 0. The standard InChI is InChI=1S/C12H15N5/c1-7(2)9-4-3-8(6-15-9)10-5-11(13)17-12(14)16-10/h3-7H,1-2H3,(H4,13,14,16,17). The molecule has 0 fully saturated rings. The van der Waals surface area contributed by atoms with Crippen LogP contribution in [0.5, 0.6) is 0 Å². The third-order valence-corrected chi connectivity index (χ3v) is 2.44. The second-order valence-corrected chi connectivity index (χ2v) is 4.16. The van der Waals surface area contributed by atoms with E-state index in [9.17, 15) is 0 Å². The lowest BCUT2D eigenvalue weighted by Crippen LogP contribution is -2.01. The highest BCUT2D eigenvalue weighted by Crippen LogP contribution is 2.20. The Morgan fingerprint density at radius 2 is 1.88 bits per heavy atom. The van der Waals surface area contributed by atoms with Crippen molar-refractivity contribution in [2.24, 2.45) is 0 Å². The van der Waals surface area contributed by atoms with Crippen LogP contribution in [0, 0.1) is 0 Å². The largest absolute Gasteiger partial charge is 0.384 e. The van der Waals surface area contributed by atoms with E-state index in [1.165, 1.54) is 0 Å². The molecule has 0 aromatic carbocycles. The molecule has 0 bridgehead atoms. The smallest absolute Gasteiger partial charge is 0.222 e. The van der Waals surface area contributed by atoms with Crippen molar-refractivity contribution < 1.29 is 0 Å². The minimum absolute atomic E-state index is 0.174. The molecule has 2 aromatic rings. The van der Waals surface area contributed by atoms with Gasteiger partial charge in [-0.3, -0.25) is 4.98 Å². The van der Waals surface area contributed by atoms with Gasteiger partial charge in [0.25, 0.3) is 0 Å². The Balaban J connectivity index is 2.39. The maximum absolute atomic E-state index is 5.62. The molecule has 0 aliphatic carbocycles. The van der Waals surface area contributed by atoms with Crippen molar-refractivity contribution in [1.29, 1.82) is 0 Å². The van der Waals surface area contributed by atoms with Crippen LogP contribution in [0.1, 0.15) is 25.5 Å². The van der Waals surface area contributed by atoms with Crippen LogP contribution >= 0.6 is 0 Å². The normalized spacial score (nSPS) is 10.8. The average molecular weight is 229 g/mol. The van der Waals surface area contributed by atoms with Gasteiger partial charge in [0.2, 0.25) is 5.95 Å². The Morgan fingerprint density at radius 1 is 1.12 bits per heavy atom. The van der Waals surface area contributed by atoms with Crippen molar-refractivity contribution in [3.63, 3.8) is 0 Å². The molecule has 4 N–H and O–H groups in total. The number of pyridine rings is 1. The first kappa shape index (κ1) is 11.3. The lowest BCUT2D eigenvalue weighted by Gasteiger charge is -2.06. The van der Waals surface area contributed by atoms with Crippen LogP contribution in [0.3, 0.4) is 0 Å². The van der Waals surface area contributed by atoms with Gasteiger partial charge in [0.15, 0.2) is 0 Å². The van der Waals surface area contributed by atoms with E-state index in [0.717, 1.165) is 11.3 Å². The van der Waals surface area contributed by atoms with Crippen molar-refractivity contribution >= 4 is 11.8 Å². The molecule has 0 saturated carbocycles. The Bertz CT molecular complexity index is 499. The van der Waals surface area contributed by atoms with E-state index in [1.54, 1.807) is 12.3 Å². The van der Waals surface area contributed by atoms with Gasteiger partial charge >= 0.3 is 0 Å². The van der Waals surface area contributed by atoms with Gasteiger partial charge in [-0.2, -0.15) is 4.98 Å². The first-order valence-electron chi connectivity index (χ1n) is 5.42. The molecule has 2 rings (SSSR count). The van der Waals surface area contributed by atoms with Crippen LogP contribution in [0.25, 0.3) is 11.3 Å². The minimum Gasteiger partial charge on any atom is -0.384 e. The summed E-state index contributed by atoms with van der Waals surface area (Å²) in [6, 6.07) is 5.63. The van der Waals surface area contributed by atoms with Crippen LogP contribution in [0.15, 0.2) is 24.4 Å². The molecule has 0 amide bonds. The number of hydrogen-bond acceptors (Lipinski definition) is 5. The van der Waals surface area contributed by atoms with Crippen LogP contribution in [0.4, 0.5) is 11.8 Å². The quantitative estimate of drug-likeness (QED) is 0.819. The van der Waals surface area contributed by atoms with Gasteiger partial charge in [0.1, 0.15) is 5.82 Å². The summed E-state index contributed by atoms with van der Waals surface area (Å²) in [5.74, 6) is 0.943.